The summed E-state index contributed by atoms with van der Waals surface area (Å²) in [5.74, 6) is -1.37. The van der Waals surface area contributed by atoms with E-state index in [2.05, 4.69) is 5.32 Å². The predicted molar refractivity (Wildman–Crippen MR) is 156 cm³/mol. The number of carbonyl (C=O) groups is 2. The summed E-state index contributed by atoms with van der Waals surface area (Å²) in [6, 6.07) is 18.1. The van der Waals surface area contributed by atoms with Crippen molar-refractivity contribution in [2.75, 3.05) is 17.4 Å². The van der Waals surface area contributed by atoms with Crippen LogP contribution >= 0.6 is 0 Å². The van der Waals surface area contributed by atoms with E-state index in [0.29, 0.717) is 18.7 Å². The molecule has 40 heavy (non-hydrogen) atoms. The van der Waals surface area contributed by atoms with E-state index in [1.807, 2.05) is 52.0 Å². The summed E-state index contributed by atoms with van der Waals surface area (Å²) in [4.78, 5) is 28.6. The van der Waals surface area contributed by atoms with Crippen molar-refractivity contribution in [3.63, 3.8) is 0 Å². The van der Waals surface area contributed by atoms with E-state index >= 15 is 0 Å². The minimum Gasteiger partial charge on any atom is -0.354 e. The maximum Gasteiger partial charge on any atom is 0.264 e. The van der Waals surface area contributed by atoms with Crippen LogP contribution in [-0.2, 0) is 26.2 Å². The molecule has 3 rings (SSSR count). The Bertz CT molecular complexity index is 1390. The lowest BCUT2D eigenvalue weighted by molar-refractivity contribution is -0.140. The second kappa shape index (κ2) is 14.1. The number of nitrogens with zero attached hydrogens (tertiary/aromatic N) is 2. The third-order valence-corrected chi connectivity index (χ3v) is 8.61. The summed E-state index contributed by atoms with van der Waals surface area (Å²) >= 11 is 0. The number of anilines is 1. The molecular weight excluding hydrogens is 529 g/mol. The number of amides is 2. The highest BCUT2D eigenvalue weighted by Crippen LogP contribution is 2.25. The van der Waals surface area contributed by atoms with Crippen LogP contribution in [0.2, 0.25) is 0 Å². The fourth-order valence-electron chi connectivity index (χ4n) is 4.37. The molecule has 0 aliphatic rings. The Morgan fingerprint density at radius 3 is 2.17 bits per heavy atom. The highest BCUT2D eigenvalue weighted by Gasteiger charge is 2.33. The van der Waals surface area contributed by atoms with E-state index in [9.17, 15) is 22.4 Å². The Labute approximate surface area is 237 Å². The van der Waals surface area contributed by atoms with Crippen molar-refractivity contribution in [2.24, 2.45) is 0 Å². The highest BCUT2D eigenvalue weighted by molar-refractivity contribution is 7.92. The van der Waals surface area contributed by atoms with Crippen LogP contribution in [0.4, 0.5) is 10.1 Å². The number of aryl methyl sites for hydroxylation is 2. The number of benzene rings is 3. The zero-order valence-corrected chi connectivity index (χ0v) is 24.4. The van der Waals surface area contributed by atoms with Gasteiger partial charge in [-0.15, -0.1) is 0 Å². The molecule has 0 saturated carbocycles. The Balaban J connectivity index is 2.04. The maximum atomic E-state index is 14.1. The number of hydrogen-bond donors (Lipinski definition) is 1. The van der Waals surface area contributed by atoms with Crippen molar-refractivity contribution < 1.29 is 22.4 Å². The first-order valence-electron chi connectivity index (χ1n) is 13.5. The highest BCUT2D eigenvalue weighted by atomic mass is 32.2. The first-order chi connectivity index (χ1) is 19.1. The smallest absolute Gasteiger partial charge is 0.264 e. The Morgan fingerprint density at radius 2 is 1.57 bits per heavy atom. The fraction of sp³-hybridized carbons (Fsp3) is 0.355. The molecule has 7 nitrogen and oxygen atoms in total. The number of carbonyl (C=O) groups excluding carboxylic acids is 2. The van der Waals surface area contributed by atoms with Gasteiger partial charge >= 0.3 is 0 Å². The summed E-state index contributed by atoms with van der Waals surface area (Å²) in [5, 5.41) is 2.92. The van der Waals surface area contributed by atoms with Crippen molar-refractivity contribution in [3.8, 4) is 0 Å². The second-order valence-corrected chi connectivity index (χ2v) is 11.7. The number of hydrogen-bond acceptors (Lipinski definition) is 4. The molecule has 1 atom stereocenters. The van der Waals surface area contributed by atoms with Crippen LogP contribution in [0.5, 0.6) is 0 Å². The summed E-state index contributed by atoms with van der Waals surface area (Å²) in [6.07, 6.45) is 2.07. The van der Waals surface area contributed by atoms with Gasteiger partial charge in [0, 0.05) is 13.1 Å². The largest absolute Gasteiger partial charge is 0.354 e. The lowest BCUT2D eigenvalue weighted by atomic mass is 10.1. The monoisotopic (exact) mass is 567 g/mol. The predicted octanol–water partition coefficient (Wildman–Crippen LogP) is 5.36. The van der Waals surface area contributed by atoms with Crippen LogP contribution in [0.3, 0.4) is 0 Å². The standard InChI is InChI=1S/C31H38FN3O4S/c1-5-7-20-33-31(37)29(6-2)34(21-25-11-9-8-10-24(25)4)30(36)22-35(27-16-12-23(3)13-17-27)40(38,39)28-18-14-26(32)15-19-28/h8-19,29H,5-7,20-22H2,1-4H3,(H,33,37)/t29-/m1/s1. The molecule has 0 bridgehead atoms. The molecule has 3 aromatic carbocycles. The summed E-state index contributed by atoms with van der Waals surface area (Å²) in [6.45, 7) is 7.76. The van der Waals surface area contributed by atoms with E-state index in [0.717, 1.165) is 46.0 Å². The number of rotatable bonds is 13. The first-order valence-corrected chi connectivity index (χ1v) is 15.0. The van der Waals surface area contributed by atoms with Crippen LogP contribution in [0.15, 0.2) is 77.7 Å². The van der Waals surface area contributed by atoms with Crippen LogP contribution in [0.25, 0.3) is 0 Å². The van der Waals surface area contributed by atoms with Gasteiger partial charge < -0.3 is 10.2 Å². The van der Waals surface area contributed by atoms with E-state index in [1.54, 1.807) is 24.3 Å². The summed E-state index contributed by atoms with van der Waals surface area (Å²) in [5.41, 5.74) is 3.03. The van der Waals surface area contributed by atoms with Gasteiger partial charge in [-0.2, -0.15) is 0 Å². The van der Waals surface area contributed by atoms with E-state index in [-0.39, 0.29) is 17.3 Å². The zero-order valence-electron chi connectivity index (χ0n) is 23.6. The van der Waals surface area contributed by atoms with Crippen molar-refractivity contribution in [3.05, 3.63) is 95.3 Å². The quantitative estimate of drug-likeness (QED) is 0.282. The van der Waals surface area contributed by atoms with Crippen LogP contribution in [-0.4, -0.2) is 44.3 Å². The second-order valence-electron chi connectivity index (χ2n) is 9.82. The molecule has 0 aromatic heterocycles. The SMILES string of the molecule is CCCCNC(=O)[C@@H](CC)N(Cc1ccccc1C)C(=O)CN(c1ccc(C)cc1)S(=O)(=O)c1ccc(F)cc1. The van der Waals surface area contributed by atoms with Gasteiger partial charge in [0.25, 0.3) is 10.0 Å². The minimum absolute atomic E-state index is 0.142. The van der Waals surface area contributed by atoms with Gasteiger partial charge in [0.15, 0.2) is 0 Å². The average Bonchev–Trinajstić information content (AvgIpc) is 2.93. The molecule has 0 heterocycles. The topological polar surface area (TPSA) is 86.8 Å². The number of halogens is 1. The zero-order chi connectivity index (χ0) is 29.3. The average molecular weight is 568 g/mol. The number of unbranched alkanes of at least 4 members (excludes halogenated alkanes) is 1. The molecule has 0 aliphatic carbocycles. The minimum atomic E-state index is -4.24. The number of nitrogens with one attached hydrogen (secondary N) is 1. The molecule has 0 unspecified atom stereocenters. The van der Waals surface area contributed by atoms with E-state index in [4.69, 9.17) is 0 Å². The summed E-state index contributed by atoms with van der Waals surface area (Å²) in [7, 11) is -4.24. The molecule has 0 spiro atoms. The molecule has 3 aromatic rings. The van der Waals surface area contributed by atoms with Gasteiger partial charge in [0.2, 0.25) is 11.8 Å². The number of sulfonamides is 1. The molecule has 2 amide bonds. The Morgan fingerprint density at radius 1 is 0.925 bits per heavy atom. The van der Waals surface area contributed by atoms with Crippen LogP contribution < -0.4 is 9.62 Å². The van der Waals surface area contributed by atoms with E-state index in [1.165, 1.54) is 17.0 Å². The van der Waals surface area contributed by atoms with Gasteiger partial charge in [0.05, 0.1) is 10.6 Å². The summed E-state index contributed by atoms with van der Waals surface area (Å²) < 4.78 is 42.2. The molecule has 214 valence electrons. The molecule has 0 fully saturated rings. The lowest BCUT2D eigenvalue weighted by Gasteiger charge is -2.33. The van der Waals surface area contributed by atoms with Crippen molar-refractivity contribution in [2.45, 2.75) is 64.4 Å². The van der Waals surface area contributed by atoms with Gasteiger partial charge in [-0.3, -0.25) is 13.9 Å². The molecule has 0 radical (unpaired) electrons. The van der Waals surface area contributed by atoms with Crippen molar-refractivity contribution in [1.29, 1.82) is 0 Å². The molecule has 0 aliphatic heterocycles. The molecule has 0 saturated heterocycles. The molecular formula is C31H38FN3O4S. The van der Waals surface area contributed by atoms with Crippen molar-refractivity contribution >= 4 is 27.5 Å². The van der Waals surface area contributed by atoms with Crippen LogP contribution in [0, 0.1) is 19.7 Å². The third kappa shape index (κ3) is 7.69. The Kier molecular flexibility index (Phi) is 10.8. The maximum absolute atomic E-state index is 14.1. The normalized spacial score (nSPS) is 12.0. The van der Waals surface area contributed by atoms with Gasteiger partial charge in [0.1, 0.15) is 18.4 Å². The Hall–Kier alpha value is -3.72. The van der Waals surface area contributed by atoms with E-state index < -0.39 is 34.3 Å². The fourth-order valence-corrected chi connectivity index (χ4v) is 5.78. The lowest BCUT2D eigenvalue weighted by Crippen LogP contribution is -2.52. The first kappa shape index (κ1) is 30.8. The molecule has 9 heteroatoms. The van der Waals surface area contributed by atoms with Crippen LogP contribution in [0.1, 0.15) is 49.8 Å². The van der Waals surface area contributed by atoms with Crippen molar-refractivity contribution in [1.82, 2.24) is 10.2 Å². The molecule has 1 N–H and O–H groups in total. The van der Waals surface area contributed by atoms with Gasteiger partial charge in [-0.05, 0) is 74.2 Å². The van der Waals surface area contributed by atoms with Gasteiger partial charge in [-0.1, -0.05) is 62.2 Å². The third-order valence-electron chi connectivity index (χ3n) is 6.82. The van der Waals surface area contributed by atoms with Gasteiger partial charge in [-0.25, -0.2) is 12.8 Å².